The molecular weight excluding hydrogens is 386 g/mol. The Morgan fingerprint density at radius 2 is 1.43 bits per heavy atom. The molecule has 0 saturated heterocycles. The molecule has 0 saturated carbocycles. The van der Waals surface area contributed by atoms with Gasteiger partial charge in [-0.15, -0.1) is 0 Å². The van der Waals surface area contributed by atoms with Gasteiger partial charge in [-0.1, -0.05) is 30.3 Å². The lowest BCUT2D eigenvalue weighted by Crippen LogP contribution is -2.34. The van der Waals surface area contributed by atoms with Crippen LogP contribution in [0.4, 0.5) is 0 Å². The Kier molecular flexibility index (Phi) is 6.78. The van der Waals surface area contributed by atoms with E-state index in [0.29, 0.717) is 17.2 Å². The van der Waals surface area contributed by atoms with Gasteiger partial charge < -0.3 is 14.2 Å². The van der Waals surface area contributed by atoms with E-state index < -0.39 is 24.4 Å². The zero-order valence-corrected chi connectivity index (χ0v) is 16.2. The van der Waals surface area contributed by atoms with E-state index in [1.807, 2.05) is 30.3 Å². The molecule has 0 aromatic heterocycles. The average molecular weight is 405 g/mol. The Morgan fingerprint density at radius 1 is 0.800 bits per heavy atom. The lowest BCUT2D eigenvalue weighted by Gasteiger charge is -2.09. The summed E-state index contributed by atoms with van der Waals surface area (Å²) >= 11 is 0. The molecule has 0 fully saturated rings. The predicted octanol–water partition coefficient (Wildman–Crippen LogP) is 3.60. The third kappa shape index (κ3) is 5.45. The predicted molar refractivity (Wildman–Crippen MR) is 109 cm³/mol. The van der Waals surface area contributed by atoms with Crippen LogP contribution in [0, 0.1) is 0 Å². The van der Waals surface area contributed by atoms with Crippen LogP contribution in [0.2, 0.25) is 0 Å². The number of hydrogen-bond donors (Lipinski definition) is 1. The van der Waals surface area contributed by atoms with Crippen molar-refractivity contribution in [2.45, 2.75) is 0 Å². The molecule has 0 bridgehead atoms. The summed E-state index contributed by atoms with van der Waals surface area (Å²) in [7, 11) is 1.42. The quantitative estimate of drug-likeness (QED) is 0.604. The summed E-state index contributed by atoms with van der Waals surface area (Å²) < 4.78 is 15.7. The normalized spacial score (nSPS) is 10.0. The summed E-state index contributed by atoms with van der Waals surface area (Å²) in [5.41, 5.74) is 0.452. The number of ether oxygens (including phenoxy) is 3. The number of rotatable bonds is 7. The van der Waals surface area contributed by atoms with Crippen LogP contribution in [0.3, 0.4) is 0 Å². The van der Waals surface area contributed by atoms with E-state index in [1.54, 1.807) is 30.3 Å². The molecular formula is C23H19NO6. The van der Waals surface area contributed by atoms with Crippen LogP contribution in [-0.4, -0.2) is 31.5 Å². The zero-order valence-electron chi connectivity index (χ0n) is 16.2. The molecule has 0 heterocycles. The number of amides is 2. The van der Waals surface area contributed by atoms with Crippen LogP contribution in [0.25, 0.3) is 0 Å². The molecule has 0 unspecified atom stereocenters. The van der Waals surface area contributed by atoms with E-state index in [4.69, 9.17) is 14.2 Å². The van der Waals surface area contributed by atoms with Gasteiger partial charge in [0.05, 0.1) is 18.2 Å². The number of benzene rings is 3. The molecule has 152 valence electrons. The van der Waals surface area contributed by atoms with Gasteiger partial charge in [0.25, 0.3) is 11.8 Å². The number of carbonyl (C=O) groups excluding carboxylic acids is 3. The Labute approximate surface area is 173 Å². The molecule has 3 aromatic rings. The van der Waals surface area contributed by atoms with Crippen LogP contribution >= 0.6 is 0 Å². The maximum atomic E-state index is 12.2. The topological polar surface area (TPSA) is 90.9 Å². The highest BCUT2D eigenvalue weighted by Gasteiger charge is 2.16. The number of hydrogen-bond acceptors (Lipinski definition) is 6. The Hall–Kier alpha value is -4.13. The van der Waals surface area contributed by atoms with Crippen molar-refractivity contribution >= 4 is 17.8 Å². The minimum atomic E-state index is -0.747. The maximum absolute atomic E-state index is 12.2. The molecule has 30 heavy (non-hydrogen) atoms. The molecule has 7 heteroatoms. The van der Waals surface area contributed by atoms with Gasteiger partial charge in [0.2, 0.25) is 0 Å². The first kappa shape index (κ1) is 20.6. The fourth-order valence-corrected chi connectivity index (χ4v) is 2.56. The first-order chi connectivity index (χ1) is 14.6. The second kappa shape index (κ2) is 9.88. The molecule has 3 aromatic carbocycles. The van der Waals surface area contributed by atoms with E-state index in [0.717, 1.165) is 0 Å². The molecule has 1 N–H and O–H groups in total. The number of para-hydroxylation sites is 2. The summed E-state index contributed by atoms with van der Waals surface area (Å²) in [4.78, 5) is 36.2. The Balaban J connectivity index is 1.51. The standard InChI is InChI=1S/C23H19NO6/c1-28-20-10-6-5-9-19(20)22(26)24-21(25)15-29-23(27)16-11-13-18(14-12-16)30-17-7-3-2-4-8-17/h2-14H,15H2,1H3,(H,24,25,26). The van der Waals surface area contributed by atoms with Gasteiger partial charge in [0.15, 0.2) is 6.61 Å². The summed E-state index contributed by atoms with van der Waals surface area (Å²) in [6.07, 6.45) is 0. The van der Waals surface area contributed by atoms with Crippen LogP contribution in [0.1, 0.15) is 20.7 Å². The van der Waals surface area contributed by atoms with Gasteiger partial charge in [-0.05, 0) is 48.5 Å². The van der Waals surface area contributed by atoms with E-state index in [-0.39, 0.29) is 11.1 Å². The highest BCUT2D eigenvalue weighted by molar-refractivity contribution is 6.07. The molecule has 0 spiro atoms. The molecule has 7 nitrogen and oxygen atoms in total. The average Bonchev–Trinajstić information content (AvgIpc) is 2.78. The Morgan fingerprint density at radius 3 is 2.13 bits per heavy atom. The minimum absolute atomic E-state index is 0.202. The van der Waals surface area contributed by atoms with Crippen molar-refractivity contribution in [3.05, 3.63) is 90.0 Å². The maximum Gasteiger partial charge on any atom is 0.338 e. The van der Waals surface area contributed by atoms with Gasteiger partial charge in [0.1, 0.15) is 17.2 Å². The van der Waals surface area contributed by atoms with Crippen molar-refractivity contribution in [3.8, 4) is 17.2 Å². The van der Waals surface area contributed by atoms with Crippen molar-refractivity contribution in [3.63, 3.8) is 0 Å². The number of methoxy groups -OCH3 is 1. The third-order valence-electron chi connectivity index (χ3n) is 4.01. The molecule has 2 amide bonds. The highest BCUT2D eigenvalue weighted by atomic mass is 16.5. The molecule has 0 aliphatic rings. The van der Waals surface area contributed by atoms with Crippen LogP contribution in [-0.2, 0) is 9.53 Å². The fourth-order valence-electron chi connectivity index (χ4n) is 2.56. The number of carbonyl (C=O) groups is 3. The molecule has 0 aliphatic carbocycles. The zero-order chi connectivity index (χ0) is 21.3. The second-order valence-corrected chi connectivity index (χ2v) is 6.09. The lowest BCUT2D eigenvalue weighted by molar-refractivity contribution is -0.123. The van der Waals surface area contributed by atoms with Crippen LogP contribution in [0.5, 0.6) is 17.2 Å². The van der Waals surface area contributed by atoms with Crippen molar-refractivity contribution in [2.75, 3.05) is 13.7 Å². The van der Waals surface area contributed by atoms with Gasteiger partial charge in [0, 0.05) is 0 Å². The van der Waals surface area contributed by atoms with Crippen molar-refractivity contribution in [1.29, 1.82) is 0 Å². The largest absolute Gasteiger partial charge is 0.496 e. The van der Waals surface area contributed by atoms with E-state index in [2.05, 4.69) is 5.32 Å². The highest BCUT2D eigenvalue weighted by Crippen LogP contribution is 2.21. The summed E-state index contributed by atoms with van der Waals surface area (Å²) in [5, 5.41) is 2.16. The SMILES string of the molecule is COc1ccccc1C(=O)NC(=O)COC(=O)c1ccc(Oc2ccccc2)cc1. The van der Waals surface area contributed by atoms with E-state index in [1.165, 1.54) is 25.3 Å². The second-order valence-electron chi connectivity index (χ2n) is 6.09. The summed E-state index contributed by atoms with van der Waals surface area (Å²) in [6, 6.07) is 22.0. The first-order valence-electron chi connectivity index (χ1n) is 9.04. The third-order valence-corrected chi connectivity index (χ3v) is 4.01. The van der Waals surface area contributed by atoms with Crippen molar-refractivity contribution < 1.29 is 28.6 Å². The molecule has 0 radical (unpaired) electrons. The van der Waals surface area contributed by atoms with Gasteiger partial charge in [-0.3, -0.25) is 14.9 Å². The molecule has 0 aliphatic heterocycles. The number of imide groups is 1. The smallest absolute Gasteiger partial charge is 0.338 e. The van der Waals surface area contributed by atoms with Crippen LogP contribution < -0.4 is 14.8 Å². The number of esters is 1. The first-order valence-corrected chi connectivity index (χ1v) is 9.04. The fraction of sp³-hybridized carbons (Fsp3) is 0.0870. The lowest BCUT2D eigenvalue weighted by atomic mass is 10.2. The van der Waals surface area contributed by atoms with E-state index in [9.17, 15) is 14.4 Å². The van der Waals surface area contributed by atoms with Gasteiger partial charge in [-0.2, -0.15) is 0 Å². The Bertz CT molecular complexity index is 1030. The van der Waals surface area contributed by atoms with Crippen molar-refractivity contribution in [1.82, 2.24) is 5.32 Å². The van der Waals surface area contributed by atoms with E-state index >= 15 is 0 Å². The van der Waals surface area contributed by atoms with Gasteiger partial charge >= 0.3 is 5.97 Å². The molecule has 3 rings (SSSR count). The van der Waals surface area contributed by atoms with Crippen molar-refractivity contribution in [2.24, 2.45) is 0 Å². The van der Waals surface area contributed by atoms with Gasteiger partial charge in [-0.25, -0.2) is 4.79 Å². The summed E-state index contributed by atoms with van der Waals surface area (Å²) in [5.74, 6) is -0.528. The van der Waals surface area contributed by atoms with Crippen LogP contribution in [0.15, 0.2) is 78.9 Å². The summed E-state index contributed by atoms with van der Waals surface area (Å²) in [6.45, 7) is -0.595. The molecule has 0 atom stereocenters. The monoisotopic (exact) mass is 405 g/mol. The minimum Gasteiger partial charge on any atom is -0.496 e. The number of nitrogens with one attached hydrogen (secondary N) is 1.